The molecule has 0 amide bonds. The Hall–Kier alpha value is -2.40. The van der Waals surface area contributed by atoms with Crippen LogP contribution in [0.15, 0.2) is 52.8 Å². The summed E-state index contributed by atoms with van der Waals surface area (Å²) in [4.78, 5) is 25.6. The maximum Gasteiger partial charge on any atom is 0.250 e. The molecule has 3 heterocycles. The van der Waals surface area contributed by atoms with Crippen LogP contribution < -0.4 is 5.56 Å². The van der Waals surface area contributed by atoms with Crippen molar-refractivity contribution in [1.29, 1.82) is 0 Å². The van der Waals surface area contributed by atoms with E-state index in [1.165, 1.54) is 15.5 Å². The zero-order valence-corrected chi connectivity index (χ0v) is 14.0. The lowest BCUT2D eigenvalue weighted by Crippen LogP contribution is -2.22. The van der Waals surface area contributed by atoms with Crippen LogP contribution >= 0.6 is 11.3 Å². The highest BCUT2D eigenvalue weighted by molar-refractivity contribution is 7.09. The highest BCUT2D eigenvalue weighted by atomic mass is 32.1. The molecule has 3 aromatic rings. The summed E-state index contributed by atoms with van der Waals surface area (Å²) >= 11 is 1.71. The number of ketones is 1. The van der Waals surface area contributed by atoms with E-state index in [9.17, 15) is 9.59 Å². The van der Waals surface area contributed by atoms with Gasteiger partial charge in [-0.3, -0.25) is 9.59 Å². The molecule has 0 fully saturated rings. The van der Waals surface area contributed by atoms with Gasteiger partial charge in [-0.15, -0.1) is 11.3 Å². The van der Waals surface area contributed by atoms with Gasteiger partial charge in [0, 0.05) is 34.1 Å². The molecule has 0 aliphatic heterocycles. The van der Waals surface area contributed by atoms with E-state index in [0.717, 1.165) is 17.9 Å². The maximum atomic E-state index is 12.6. The number of rotatable bonds is 5. The number of thiophene rings is 1. The Bertz CT molecular complexity index is 888. The lowest BCUT2D eigenvalue weighted by molar-refractivity contribution is 0.0970. The van der Waals surface area contributed by atoms with Gasteiger partial charge in [0.2, 0.25) is 0 Å². The minimum atomic E-state index is -0.159. The van der Waals surface area contributed by atoms with Gasteiger partial charge in [0.1, 0.15) is 0 Å². The molecular weight excluding hydrogens is 308 g/mol. The first-order valence-electron chi connectivity index (χ1n) is 7.44. The highest BCUT2D eigenvalue weighted by Crippen LogP contribution is 2.20. The Morgan fingerprint density at radius 3 is 2.70 bits per heavy atom. The fraction of sp³-hybridized carbons (Fsp3) is 0.222. The molecule has 0 unspecified atom stereocenters. The molecule has 3 rings (SSSR count). The number of aromatic nitrogens is 2. The van der Waals surface area contributed by atoms with Gasteiger partial charge in [-0.05, 0) is 37.4 Å². The van der Waals surface area contributed by atoms with Crippen molar-refractivity contribution in [2.75, 3.05) is 0 Å². The smallest absolute Gasteiger partial charge is 0.250 e. The van der Waals surface area contributed by atoms with Crippen LogP contribution in [0.1, 0.15) is 26.6 Å². The van der Waals surface area contributed by atoms with E-state index in [-0.39, 0.29) is 17.9 Å². The van der Waals surface area contributed by atoms with Crippen molar-refractivity contribution in [2.24, 2.45) is 0 Å². The van der Waals surface area contributed by atoms with Crippen LogP contribution in [0.4, 0.5) is 0 Å². The number of hydrogen-bond donors (Lipinski definition) is 0. The Morgan fingerprint density at radius 2 is 2.00 bits per heavy atom. The Kier molecular flexibility index (Phi) is 4.30. The van der Waals surface area contributed by atoms with Gasteiger partial charge in [0.05, 0.1) is 13.1 Å². The molecule has 0 spiro atoms. The maximum absolute atomic E-state index is 12.6. The lowest BCUT2D eigenvalue weighted by Gasteiger charge is -2.08. The molecule has 0 saturated carbocycles. The topological polar surface area (TPSA) is 44.0 Å². The van der Waals surface area contributed by atoms with Crippen molar-refractivity contribution in [3.8, 4) is 0 Å². The lowest BCUT2D eigenvalue weighted by atomic mass is 10.1. The number of carbonyl (C=O) groups is 1. The van der Waals surface area contributed by atoms with E-state index in [0.29, 0.717) is 5.56 Å². The molecule has 4 nitrogen and oxygen atoms in total. The van der Waals surface area contributed by atoms with Gasteiger partial charge >= 0.3 is 0 Å². The predicted octanol–water partition coefficient (Wildman–Crippen LogP) is 3.26. The zero-order chi connectivity index (χ0) is 16.4. The van der Waals surface area contributed by atoms with Crippen LogP contribution in [0.5, 0.6) is 0 Å². The van der Waals surface area contributed by atoms with Crippen LogP contribution in [0, 0.1) is 13.8 Å². The molecule has 0 aliphatic carbocycles. The molecule has 0 bridgehead atoms. The van der Waals surface area contributed by atoms with E-state index < -0.39 is 0 Å². The standard InChI is InChI=1S/C18H18N2O2S/c1-13-10-16(14(2)20(13)11-15-6-5-9-23-15)17(21)12-19-8-4-3-7-18(19)22/h3-10H,11-12H2,1-2H3. The number of hydrogen-bond acceptors (Lipinski definition) is 3. The van der Waals surface area contributed by atoms with Crippen molar-refractivity contribution in [3.63, 3.8) is 0 Å². The Morgan fingerprint density at radius 1 is 1.17 bits per heavy atom. The van der Waals surface area contributed by atoms with E-state index in [2.05, 4.69) is 16.0 Å². The van der Waals surface area contributed by atoms with Gasteiger partial charge in [-0.1, -0.05) is 12.1 Å². The third-order valence-corrected chi connectivity index (χ3v) is 4.84. The quantitative estimate of drug-likeness (QED) is 0.676. The molecule has 0 atom stereocenters. The van der Waals surface area contributed by atoms with Crippen molar-refractivity contribution in [3.05, 3.63) is 80.2 Å². The van der Waals surface area contributed by atoms with Crippen LogP contribution in [-0.4, -0.2) is 14.9 Å². The summed E-state index contributed by atoms with van der Waals surface area (Å²) in [6.45, 7) is 4.81. The van der Waals surface area contributed by atoms with Crippen LogP contribution in [0.3, 0.4) is 0 Å². The Balaban J connectivity index is 1.87. The van der Waals surface area contributed by atoms with Crippen molar-refractivity contribution in [2.45, 2.75) is 26.9 Å². The van der Waals surface area contributed by atoms with E-state index in [1.54, 1.807) is 29.7 Å². The first kappa shape index (κ1) is 15.5. The summed E-state index contributed by atoms with van der Waals surface area (Å²) in [5, 5.41) is 2.05. The summed E-state index contributed by atoms with van der Waals surface area (Å²) in [6.07, 6.45) is 1.64. The molecule has 0 aromatic carbocycles. The molecule has 118 valence electrons. The van der Waals surface area contributed by atoms with Crippen molar-refractivity contribution < 1.29 is 4.79 Å². The third kappa shape index (κ3) is 3.19. The van der Waals surface area contributed by atoms with Crippen molar-refractivity contribution in [1.82, 2.24) is 9.13 Å². The molecule has 3 aromatic heterocycles. The van der Waals surface area contributed by atoms with Gasteiger partial charge in [-0.25, -0.2) is 0 Å². The largest absolute Gasteiger partial charge is 0.343 e. The fourth-order valence-electron chi connectivity index (χ4n) is 2.72. The summed E-state index contributed by atoms with van der Waals surface area (Å²) in [5.74, 6) is -0.0381. The average Bonchev–Trinajstić information content (AvgIpc) is 3.13. The van der Waals surface area contributed by atoms with Gasteiger partial charge < -0.3 is 9.13 Å². The molecule has 0 aliphatic rings. The highest BCUT2D eigenvalue weighted by Gasteiger charge is 2.16. The second-order valence-electron chi connectivity index (χ2n) is 5.54. The second kappa shape index (κ2) is 6.38. The molecule has 0 radical (unpaired) electrons. The Labute approximate surface area is 138 Å². The summed E-state index contributed by atoms with van der Waals surface area (Å²) in [5.41, 5.74) is 2.53. The zero-order valence-electron chi connectivity index (χ0n) is 13.2. The number of nitrogens with zero attached hydrogens (tertiary/aromatic N) is 2. The number of Topliss-reactive ketones (excluding diaryl/α,β-unsaturated/α-hetero) is 1. The first-order valence-corrected chi connectivity index (χ1v) is 8.32. The predicted molar refractivity (Wildman–Crippen MR) is 92.4 cm³/mol. The second-order valence-corrected chi connectivity index (χ2v) is 6.57. The average molecular weight is 326 g/mol. The summed E-state index contributed by atoms with van der Waals surface area (Å²) in [7, 11) is 0. The minimum Gasteiger partial charge on any atom is -0.343 e. The SMILES string of the molecule is Cc1cc(C(=O)Cn2ccccc2=O)c(C)n1Cc1cccs1. The summed E-state index contributed by atoms with van der Waals surface area (Å²) < 4.78 is 3.58. The monoisotopic (exact) mass is 326 g/mol. The van der Waals surface area contributed by atoms with Crippen LogP contribution in [0.25, 0.3) is 0 Å². The van der Waals surface area contributed by atoms with Gasteiger partial charge in [0.15, 0.2) is 5.78 Å². The minimum absolute atomic E-state index is 0.0381. The van der Waals surface area contributed by atoms with Crippen molar-refractivity contribution >= 4 is 17.1 Å². The molecule has 0 saturated heterocycles. The van der Waals surface area contributed by atoms with E-state index >= 15 is 0 Å². The normalized spacial score (nSPS) is 10.9. The number of aryl methyl sites for hydroxylation is 1. The first-order chi connectivity index (χ1) is 11.1. The molecular formula is C18H18N2O2S. The fourth-order valence-corrected chi connectivity index (χ4v) is 3.41. The molecule has 23 heavy (non-hydrogen) atoms. The molecule has 5 heteroatoms. The number of carbonyl (C=O) groups excluding carboxylic acids is 1. The summed E-state index contributed by atoms with van der Waals surface area (Å²) in [6, 6.07) is 10.9. The van der Waals surface area contributed by atoms with Gasteiger partial charge in [-0.2, -0.15) is 0 Å². The van der Waals surface area contributed by atoms with E-state index in [4.69, 9.17) is 0 Å². The van der Waals surface area contributed by atoms with Gasteiger partial charge in [0.25, 0.3) is 5.56 Å². The number of pyridine rings is 1. The third-order valence-electron chi connectivity index (χ3n) is 3.98. The van der Waals surface area contributed by atoms with Crippen LogP contribution in [0.2, 0.25) is 0 Å². The molecule has 0 N–H and O–H groups in total. The van der Waals surface area contributed by atoms with Crippen LogP contribution in [-0.2, 0) is 13.1 Å². The van der Waals surface area contributed by atoms with E-state index in [1.807, 2.05) is 26.0 Å².